The molecule has 5 N–H and O–H groups in total. The van der Waals surface area contributed by atoms with Crippen LogP contribution in [-0.4, -0.2) is 39.1 Å². The number of methoxy groups -OCH3 is 1. The van der Waals surface area contributed by atoms with Gasteiger partial charge in [0, 0.05) is 28.6 Å². The van der Waals surface area contributed by atoms with Crippen LogP contribution in [0.5, 0.6) is 5.75 Å². The highest BCUT2D eigenvalue weighted by Crippen LogP contribution is 2.28. The predicted octanol–water partition coefficient (Wildman–Crippen LogP) is 5.88. The summed E-state index contributed by atoms with van der Waals surface area (Å²) < 4.78 is 5.40. The van der Waals surface area contributed by atoms with Gasteiger partial charge in [-0.25, -0.2) is 10.5 Å². The van der Waals surface area contributed by atoms with Crippen LogP contribution in [-0.2, 0) is 16.0 Å². The quantitative estimate of drug-likeness (QED) is 0.0747. The van der Waals surface area contributed by atoms with Crippen molar-refractivity contribution in [2.24, 2.45) is 0 Å². The van der Waals surface area contributed by atoms with Crippen LogP contribution in [0.1, 0.15) is 55.2 Å². The van der Waals surface area contributed by atoms with Crippen molar-refractivity contribution in [3.63, 3.8) is 0 Å². The largest absolute Gasteiger partial charge is 0.497 e. The van der Waals surface area contributed by atoms with Gasteiger partial charge in [-0.15, -0.1) is 0 Å². The normalized spacial score (nSPS) is 12.0. The first-order chi connectivity index (χ1) is 19.9. The monoisotopic (exact) mass is 553 g/mol. The number of imidazole rings is 1. The first kappa shape index (κ1) is 27.9. The second-order valence-electron chi connectivity index (χ2n) is 10.3. The Labute approximate surface area is 238 Å². The Morgan fingerprint density at radius 1 is 0.976 bits per heavy atom. The number of nitrogens with zero attached hydrogens (tertiary/aromatic N) is 1. The molecule has 0 fully saturated rings. The van der Waals surface area contributed by atoms with Gasteiger partial charge in [0.15, 0.2) is 0 Å². The topological polar surface area (TPSA) is 132 Å². The number of aromatic nitrogens is 3. The summed E-state index contributed by atoms with van der Waals surface area (Å²) in [6, 6.07) is 20.0. The summed E-state index contributed by atoms with van der Waals surface area (Å²) in [4.78, 5) is 36.2. The third-order valence-electron chi connectivity index (χ3n) is 7.51. The number of hydroxylamine groups is 1. The fourth-order valence-corrected chi connectivity index (χ4v) is 5.28. The number of unbranched alkanes of at least 4 members (excludes halogenated alkanes) is 2. The van der Waals surface area contributed by atoms with Crippen molar-refractivity contribution in [2.75, 3.05) is 7.11 Å². The Bertz CT molecular complexity index is 1670. The van der Waals surface area contributed by atoms with Crippen LogP contribution in [0.25, 0.3) is 32.9 Å². The molecule has 212 valence electrons. The lowest BCUT2D eigenvalue weighted by Gasteiger charge is -2.17. The van der Waals surface area contributed by atoms with E-state index in [-0.39, 0.29) is 24.8 Å². The highest BCUT2D eigenvalue weighted by molar-refractivity contribution is 5.91. The van der Waals surface area contributed by atoms with E-state index in [4.69, 9.17) is 9.94 Å². The Morgan fingerprint density at radius 3 is 2.61 bits per heavy atom. The highest BCUT2D eigenvalue weighted by Gasteiger charge is 2.20. The smallest absolute Gasteiger partial charge is 0.243 e. The first-order valence-electron chi connectivity index (χ1n) is 13.9. The summed E-state index contributed by atoms with van der Waals surface area (Å²) >= 11 is 0. The van der Waals surface area contributed by atoms with Crippen molar-refractivity contribution < 1.29 is 19.5 Å². The molecule has 0 spiro atoms. The lowest BCUT2D eigenvalue weighted by atomic mass is 10.0. The molecule has 9 heteroatoms. The van der Waals surface area contributed by atoms with E-state index in [0.29, 0.717) is 18.7 Å². The molecule has 0 aliphatic rings. The fourth-order valence-electron chi connectivity index (χ4n) is 5.28. The van der Waals surface area contributed by atoms with Crippen LogP contribution >= 0.6 is 0 Å². The first-order valence-corrected chi connectivity index (χ1v) is 13.9. The van der Waals surface area contributed by atoms with Crippen LogP contribution in [0.4, 0.5) is 0 Å². The average molecular weight is 554 g/mol. The summed E-state index contributed by atoms with van der Waals surface area (Å²) in [6.45, 7) is 1.97. The molecule has 5 aromatic rings. The number of amides is 2. The SMILES string of the molecule is COc1ccc2[nH]c(C)c(CC(=O)N[C@@H](CCCCCC(=O)NO)c3ncc(-c4ccc5ccccc5c4)[nH]3)c2c1. The van der Waals surface area contributed by atoms with E-state index >= 15 is 0 Å². The molecule has 0 radical (unpaired) electrons. The molecule has 0 saturated heterocycles. The summed E-state index contributed by atoms with van der Waals surface area (Å²) in [5.41, 5.74) is 6.40. The maximum absolute atomic E-state index is 13.4. The van der Waals surface area contributed by atoms with Crippen LogP contribution < -0.4 is 15.5 Å². The zero-order chi connectivity index (χ0) is 28.8. The second-order valence-corrected chi connectivity index (χ2v) is 10.3. The standard InChI is InChI=1S/C32H35N5O4/c1-20-25(26-17-24(41-2)14-15-27(26)34-20)18-31(39)35-28(10-4-3-5-11-30(38)37-40)32-33-19-29(36-32)23-13-12-21-8-6-7-9-22(21)16-23/h6-9,12-17,19,28,34,40H,3-5,10-11,18H2,1-2H3,(H,33,36)(H,35,39)(H,37,38)/t28-/m0/s1. The molecular formula is C32H35N5O4. The van der Waals surface area contributed by atoms with Gasteiger partial charge in [0.25, 0.3) is 0 Å². The Morgan fingerprint density at radius 2 is 1.80 bits per heavy atom. The summed E-state index contributed by atoms with van der Waals surface area (Å²) in [5, 5.41) is 15.2. The number of carbonyl (C=O) groups is 2. The van der Waals surface area contributed by atoms with E-state index < -0.39 is 5.91 Å². The fraction of sp³-hybridized carbons (Fsp3) is 0.281. The molecule has 0 saturated carbocycles. The van der Waals surface area contributed by atoms with E-state index in [9.17, 15) is 9.59 Å². The number of aromatic amines is 2. The molecule has 5 rings (SSSR count). The zero-order valence-corrected chi connectivity index (χ0v) is 23.3. The predicted molar refractivity (Wildman–Crippen MR) is 159 cm³/mol. The average Bonchev–Trinajstić information content (AvgIpc) is 3.60. The molecular weight excluding hydrogens is 518 g/mol. The summed E-state index contributed by atoms with van der Waals surface area (Å²) in [6.07, 6.45) is 5.12. The number of hydrogen-bond donors (Lipinski definition) is 5. The van der Waals surface area contributed by atoms with Crippen molar-refractivity contribution >= 4 is 33.5 Å². The van der Waals surface area contributed by atoms with E-state index in [1.165, 1.54) is 5.39 Å². The van der Waals surface area contributed by atoms with E-state index in [2.05, 4.69) is 50.6 Å². The number of nitrogens with one attached hydrogen (secondary N) is 4. The Balaban J connectivity index is 1.34. The van der Waals surface area contributed by atoms with Crippen LogP contribution in [0.3, 0.4) is 0 Å². The zero-order valence-electron chi connectivity index (χ0n) is 23.3. The summed E-state index contributed by atoms with van der Waals surface area (Å²) in [7, 11) is 1.63. The number of aryl methyl sites for hydroxylation is 1. The third-order valence-corrected chi connectivity index (χ3v) is 7.51. The van der Waals surface area contributed by atoms with Crippen molar-refractivity contribution in [2.45, 2.75) is 51.5 Å². The maximum atomic E-state index is 13.4. The van der Waals surface area contributed by atoms with Gasteiger partial charge in [-0.05, 0) is 60.4 Å². The minimum Gasteiger partial charge on any atom is -0.497 e. The molecule has 0 bridgehead atoms. The van der Waals surface area contributed by atoms with Crippen molar-refractivity contribution in [3.05, 3.63) is 83.9 Å². The minimum atomic E-state index is -0.397. The second kappa shape index (κ2) is 12.7. The maximum Gasteiger partial charge on any atom is 0.243 e. The van der Waals surface area contributed by atoms with Gasteiger partial charge in [0.05, 0.1) is 31.5 Å². The van der Waals surface area contributed by atoms with Crippen LogP contribution in [0.2, 0.25) is 0 Å². The van der Waals surface area contributed by atoms with E-state index in [1.54, 1.807) is 18.8 Å². The Kier molecular flexibility index (Phi) is 8.64. The van der Waals surface area contributed by atoms with Gasteiger partial charge in [0.2, 0.25) is 11.8 Å². The molecule has 9 nitrogen and oxygen atoms in total. The Hall–Kier alpha value is -4.63. The number of H-pyrrole nitrogens is 2. The van der Waals surface area contributed by atoms with Crippen LogP contribution in [0, 0.1) is 6.92 Å². The van der Waals surface area contributed by atoms with Gasteiger partial charge in [-0.2, -0.15) is 0 Å². The number of carbonyl (C=O) groups excluding carboxylic acids is 2. The number of hydrogen-bond acceptors (Lipinski definition) is 5. The lowest BCUT2D eigenvalue weighted by molar-refractivity contribution is -0.129. The molecule has 2 heterocycles. The molecule has 2 amide bonds. The van der Waals surface area contributed by atoms with Gasteiger partial charge in [-0.3, -0.25) is 14.8 Å². The third kappa shape index (κ3) is 6.58. The number of fused-ring (bicyclic) bond motifs is 2. The van der Waals surface area contributed by atoms with Crippen molar-refractivity contribution in [1.29, 1.82) is 0 Å². The molecule has 2 aromatic heterocycles. The minimum absolute atomic E-state index is 0.106. The van der Waals surface area contributed by atoms with E-state index in [1.807, 2.05) is 37.3 Å². The van der Waals surface area contributed by atoms with E-state index in [0.717, 1.165) is 57.4 Å². The summed E-state index contributed by atoms with van der Waals surface area (Å²) in [5.74, 6) is 0.923. The van der Waals surface area contributed by atoms with Gasteiger partial charge >= 0.3 is 0 Å². The number of benzene rings is 3. The highest BCUT2D eigenvalue weighted by atomic mass is 16.5. The molecule has 0 aliphatic carbocycles. The van der Waals surface area contributed by atoms with Gasteiger partial charge in [0.1, 0.15) is 11.6 Å². The molecule has 0 aliphatic heterocycles. The van der Waals surface area contributed by atoms with Crippen LogP contribution in [0.15, 0.2) is 66.9 Å². The van der Waals surface area contributed by atoms with Gasteiger partial charge < -0.3 is 20.0 Å². The van der Waals surface area contributed by atoms with Gasteiger partial charge in [-0.1, -0.05) is 49.2 Å². The lowest BCUT2D eigenvalue weighted by Crippen LogP contribution is -2.30. The molecule has 0 unspecified atom stereocenters. The number of ether oxygens (including phenoxy) is 1. The van der Waals surface area contributed by atoms with Crippen molar-refractivity contribution in [3.8, 4) is 17.0 Å². The molecule has 41 heavy (non-hydrogen) atoms. The molecule has 3 aromatic carbocycles. The van der Waals surface area contributed by atoms with Crippen molar-refractivity contribution in [1.82, 2.24) is 25.7 Å². The molecule has 1 atom stereocenters. The number of rotatable bonds is 12.